The van der Waals surface area contributed by atoms with Crippen molar-refractivity contribution in [2.45, 2.75) is 52.1 Å². The second-order valence-electron chi connectivity index (χ2n) is 7.72. The summed E-state index contributed by atoms with van der Waals surface area (Å²) in [7, 11) is 0. The third-order valence-corrected chi connectivity index (χ3v) is 5.13. The first kappa shape index (κ1) is 22.5. The number of carbonyl (C=O) groups excluding carboxylic acids is 1. The molecule has 0 bridgehead atoms. The second kappa shape index (κ2) is 11.3. The molecule has 0 aromatic heterocycles. The van der Waals surface area contributed by atoms with Gasteiger partial charge < -0.3 is 9.47 Å². The van der Waals surface area contributed by atoms with Crippen LogP contribution < -0.4 is 9.47 Å². The van der Waals surface area contributed by atoms with E-state index in [0.29, 0.717) is 11.3 Å². The Labute approximate surface area is 183 Å². The van der Waals surface area contributed by atoms with Gasteiger partial charge in [-0.1, -0.05) is 50.5 Å². The van der Waals surface area contributed by atoms with Crippen LogP contribution in [0.1, 0.15) is 56.3 Å². The third kappa shape index (κ3) is 6.95. The van der Waals surface area contributed by atoms with E-state index >= 15 is 0 Å². The molecule has 0 aliphatic rings. The molecular formula is C27H29FO3. The number of carbonyl (C=O) groups is 1. The largest absolute Gasteiger partial charge is 0.491 e. The molecule has 3 aromatic carbocycles. The number of rotatable bonds is 10. The lowest BCUT2D eigenvalue weighted by atomic mass is 10.0. The molecular weight excluding hydrogens is 391 g/mol. The first-order valence-electron chi connectivity index (χ1n) is 10.9. The van der Waals surface area contributed by atoms with Gasteiger partial charge in [-0.15, -0.1) is 0 Å². The molecule has 0 spiro atoms. The average Bonchev–Trinajstić information content (AvgIpc) is 2.79. The molecule has 31 heavy (non-hydrogen) atoms. The van der Waals surface area contributed by atoms with Crippen LogP contribution >= 0.6 is 0 Å². The van der Waals surface area contributed by atoms with Crippen molar-refractivity contribution in [1.29, 1.82) is 0 Å². The highest BCUT2D eigenvalue weighted by atomic mass is 19.1. The number of hydrogen-bond acceptors (Lipinski definition) is 3. The van der Waals surface area contributed by atoms with Gasteiger partial charge in [0.05, 0.1) is 11.7 Å². The summed E-state index contributed by atoms with van der Waals surface area (Å²) >= 11 is 0. The molecule has 0 N–H and O–H groups in total. The first-order chi connectivity index (χ1) is 15.0. The van der Waals surface area contributed by atoms with Gasteiger partial charge in [-0.05, 0) is 79.4 Å². The monoisotopic (exact) mass is 420 g/mol. The van der Waals surface area contributed by atoms with Crippen LogP contribution in [0.3, 0.4) is 0 Å². The summed E-state index contributed by atoms with van der Waals surface area (Å²) in [6.45, 7) is 4.33. The van der Waals surface area contributed by atoms with Crippen LogP contribution in [-0.4, -0.2) is 12.1 Å². The molecule has 0 heterocycles. The summed E-state index contributed by atoms with van der Waals surface area (Å²) in [4.78, 5) is 12.3. The maximum atomic E-state index is 13.0. The van der Waals surface area contributed by atoms with Gasteiger partial charge in [0.15, 0.2) is 0 Å². The lowest BCUT2D eigenvalue weighted by Crippen LogP contribution is -2.11. The number of ether oxygens (including phenoxy) is 2. The van der Waals surface area contributed by atoms with Crippen LogP contribution in [0, 0.1) is 5.82 Å². The van der Waals surface area contributed by atoms with E-state index in [1.807, 2.05) is 36.4 Å². The summed E-state index contributed by atoms with van der Waals surface area (Å²) in [5.41, 5.74) is 2.48. The first-order valence-corrected chi connectivity index (χ1v) is 10.9. The highest BCUT2D eigenvalue weighted by Crippen LogP contribution is 2.24. The van der Waals surface area contributed by atoms with E-state index in [0.717, 1.165) is 23.3 Å². The minimum atomic E-state index is -0.477. The number of hydrogen-bond donors (Lipinski definition) is 0. The number of unbranched alkanes of at least 4 members (excludes halogenated alkanes) is 3. The van der Waals surface area contributed by atoms with E-state index in [1.165, 1.54) is 49.9 Å². The topological polar surface area (TPSA) is 35.5 Å². The minimum Gasteiger partial charge on any atom is -0.491 e. The zero-order valence-electron chi connectivity index (χ0n) is 18.1. The molecule has 0 saturated carbocycles. The van der Waals surface area contributed by atoms with Gasteiger partial charge >= 0.3 is 5.97 Å². The SMILES string of the molecule is CCCCCCC(C)Oc1ccc(-c2ccc(C(=O)Oc3ccc(F)cc3)cc2)cc1. The second-order valence-corrected chi connectivity index (χ2v) is 7.72. The smallest absolute Gasteiger partial charge is 0.343 e. The van der Waals surface area contributed by atoms with Crippen molar-refractivity contribution < 1.29 is 18.7 Å². The Balaban J connectivity index is 1.55. The molecule has 0 amide bonds. The Hall–Kier alpha value is -3.14. The van der Waals surface area contributed by atoms with E-state index in [9.17, 15) is 9.18 Å². The normalized spacial score (nSPS) is 11.7. The van der Waals surface area contributed by atoms with Crippen molar-refractivity contribution >= 4 is 5.97 Å². The predicted octanol–water partition coefficient (Wildman–Crippen LogP) is 7.45. The fourth-order valence-corrected chi connectivity index (χ4v) is 3.34. The van der Waals surface area contributed by atoms with Crippen molar-refractivity contribution in [3.8, 4) is 22.6 Å². The van der Waals surface area contributed by atoms with Crippen molar-refractivity contribution in [3.05, 3.63) is 84.2 Å². The van der Waals surface area contributed by atoms with Gasteiger partial charge in [-0.25, -0.2) is 9.18 Å². The summed E-state index contributed by atoms with van der Waals surface area (Å²) in [5, 5.41) is 0. The molecule has 1 unspecified atom stereocenters. The van der Waals surface area contributed by atoms with Crippen molar-refractivity contribution in [2.24, 2.45) is 0 Å². The highest BCUT2D eigenvalue weighted by molar-refractivity contribution is 5.91. The number of halogens is 1. The summed E-state index contributed by atoms with van der Waals surface area (Å²) in [6, 6.07) is 20.6. The fourth-order valence-electron chi connectivity index (χ4n) is 3.34. The molecule has 0 fully saturated rings. The maximum absolute atomic E-state index is 13.0. The van der Waals surface area contributed by atoms with E-state index in [1.54, 1.807) is 12.1 Å². The molecule has 3 rings (SSSR count). The Kier molecular flexibility index (Phi) is 8.22. The molecule has 0 radical (unpaired) electrons. The lowest BCUT2D eigenvalue weighted by molar-refractivity contribution is 0.0734. The molecule has 0 aliphatic carbocycles. The molecule has 3 aromatic rings. The molecule has 162 valence electrons. The Morgan fingerprint density at radius 2 is 1.39 bits per heavy atom. The van der Waals surface area contributed by atoms with Crippen molar-refractivity contribution in [2.75, 3.05) is 0 Å². The van der Waals surface area contributed by atoms with Crippen LogP contribution in [0.4, 0.5) is 4.39 Å². The Morgan fingerprint density at radius 3 is 2.00 bits per heavy atom. The quantitative estimate of drug-likeness (QED) is 0.194. The zero-order chi connectivity index (χ0) is 22.1. The zero-order valence-corrected chi connectivity index (χ0v) is 18.1. The lowest BCUT2D eigenvalue weighted by Gasteiger charge is -2.15. The van der Waals surface area contributed by atoms with Gasteiger partial charge in [0, 0.05) is 0 Å². The molecule has 0 saturated heterocycles. The average molecular weight is 421 g/mol. The van der Waals surface area contributed by atoms with Crippen LogP contribution in [0.25, 0.3) is 11.1 Å². The van der Waals surface area contributed by atoms with Crippen LogP contribution in [0.2, 0.25) is 0 Å². The maximum Gasteiger partial charge on any atom is 0.343 e. The molecule has 0 aliphatic heterocycles. The van der Waals surface area contributed by atoms with Crippen LogP contribution in [0.5, 0.6) is 11.5 Å². The minimum absolute atomic E-state index is 0.203. The molecule has 4 heteroatoms. The van der Waals surface area contributed by atoms with E-state index < -0.39 is 5.97 Å². The van der Waals surface area contributed by atoms with Crippen LogP contribution in [-0.2, 0) is 0 Å². The predicted molar refractivity (Wildman–Crippen MR) is 122 cm³/mol. The Bertz CT molecular complexity index is 947. The summed E-state index contributed by atoms with van der Waals surface area (Å²) < 4.78 is 24.3. The van der Waals surface area contributed by atoms with Gasteiger partial charge in [0.2, 0.25) is 0 Å². The summed E-state index contributed by atoms with van der Waals surface area (Å²) in [5.74, 6) is 0.328. The summed E-state index contributed by atoms with van der Waals surface area (Å²) in [6.07, 6.45) is 6.25. The standard InChI is InChI=1S/C27H29FO3/c1-3-4-5-6-7-20(2)30-25-16-12-22(13-17-25)21-8-10-23(11-9-21)27(29)31-26-18-14-24(28)15-19-26/h8-20H,3-7H2,1-2H3. The van der Waals surface area contributed by atoms with Crippen molar-refractivity contribution in [3.63, 3.8) is 0 Å². The van der Waals surface area contributed by atoms with Crippen molar-refractivity contribution in [1.82, 2.24) is 0 Å². The van der Waals surface area contributed by atoms with E-state index in [-0.39, 0.29) is 11.9 Å². The van der Waals surface area contributed by atoms with E-state index in [2.05, 4.69) is 13.8 Å². The number of benzene rings is 3. The number of esters is 1. The van der Waals surface area contributed by atoms with Gasteiger partial charge in [0.25, 0.3) is 0 Å². The molecule has 3 nitrogen and oxygen atoms in total. The van der Waals surface area contributed by atoms with Gasteiger partial charge in [0.1, 0.15) is 17.3 Å². The van der Waals surface area contributed by atoms with Crippen LogP contribution in [0.15, 0.2) is 72.8 Å². The Morgan fingerprint density at radius 1 is 0.806 bits per heavy atom. The highest BCUT2D eigenvalue weighted by Gasteiger charge is 2.10. The van der Waals surface area contributed by atoms with Gasteiger partial charge in [-0.3, -0.25) is 0 Å². The van der Waals surface area contributed by atoms with E-state index in [4.69, 9.17) is 9.47 Å². The van der Waals surface area contributed by atoms with Gasteiger partial charge in [-0.2, -0.15) is 0 Å². The molecule has 1 atom stereocenters. The third-order valence-electron chi connectivity index (χ3n) is 5.13. The fraction of sp³-hybridized carbons (Fsp3) is 0.296.